The largest absolute Gasteiger partial charge is 0.605 e. The Labute approximate surface area is 291 Å². The molecule has 0 amide bonds. The minimum Gasteiger partial charge on any atom is -0.465 e. The van der Waals surface area contributed by atoms with Gasteiger partial charge < -0.3 is 33.2 Å². The molecule has 0 aliphatic rings. The van der Waals surface area contributed by atoms with Gasteiger partial charge in [-0.15, -0.1) is 0 Å². The minimum absolute atomic E-state index is 0.00169. The molecule has 2 rings (SSSR count). The summed E-state index contributed by atoms with van der Waals surface area (Å²) in [5.74, 6) is -7.11. The van der Waals surface area contributed by atoms with Gasteiger partial charge in [0.15, 0.2) is 6.79 Å². The van der Waals surface area contributed by atoms with E-state index in [2.05, 4.69) is 16.0 Å². The van der Waals surface area contributed by atoms with E-state index in [4.69, 9.17) is 28.4 Å². The molecule has 2 aromatic rings. The third kappa shape index (κ3) is 14.3. The lowest BCUT2D eigenvalue weighted by Gasteiger charge is -2.15. The van der Waals surface area contributed by atoms with Crippen molar-refractivity contribution < 1.29 is 75.9 Å². The van der Waals surface area contributed by atoms with Gasteiger partial charge >= 0.3 is 47.8 Å². The minimum atomic E-state index is -0.988. The molecule has 0 saturated heterocycles. The van der Waals surface area contributed by atoms with Crippen LogP contribution < -0.4 is 0 Å². The van der Waals surface area contributed by atoms with Crippen LogP contribution in [0.2, 0.25) is 0 Å². The van der Waals surface area contributed by atoms with Crippen molar-refractivity contribution in [2.24, 2.45) is 0 Å². The first-order valence-electron chi connectivity index (χ1n) is 15.0. The van der Waals surface area contributed by atoms with Crippen LogP contribution in [0.25, 0.3) is 0 Å². The molecule has 16 heteroatoms. The van der Waals surface area contributed by atoms with E-state index >= 15 is 0 Å². The molecule has 0 fully saturated rings. The molecule has 3 atom stereocenters. The first-order valence-corrected chi connectivity index (χ1v) is 15.0. The van der Waals surface area contributed by atoms with Crippen molar-refractivity contribution in [2.75, 3.05) is 26.9 Å². The van der Waals surface area contributed by atoms with E-state index in [1.54, 1.807) is 6.07 Å². The van der Waals surface area contributed by atoms with Crippen molar-refractivity contribution in [2.45, 2.75) is 39.1 Å². The van der Waals surface area contributed by atoms with E-state index in [-0.39, 0.29) is 35.5 Å². The van der Waals surface area contributed by atoms with Crippen LogP contribution in [0.15, 0.2) is 72.8 Å². The SMILES string of the molecule is C=[O+]C(=O)/C=C\C(=O)OC(C)COC(=O)c1ccccc1C(=O)OC(C)COC(=O)/C=C\C(=O)OC(C)COC(=O)c1ccccc1C(=O)OC. The summed E-state index contributed by atoms with van der Waals surface area (Å²) in [6.45, 7) is 6.02. The van der Waals surface area contributed by atoms with Crippen LogP contribution in [0.4, 0.5) is 0 Å². The van der Waals surface area contributed by atoms with Crippen LogP contribution in [0.1, 0.15) is 62.2 Å². The van der Waals surface area contributed by atoms with Crippen molar-refractivity contribution in [3.8, 4) is 0 Å². The van der Waals surface area contributed by atoms with Gasteiger partial charge in [0.2, 0.25) is 0 Å². The number of carbonyl (C=O) groups excluding carboxylic acids is 9. The number of hydrogen-bond acceptors (Lipinski definition) is 15. The molecule has 0 radical (unpaired) electrons. The highest BCUT2D eigenvalue weighted by Crippen LogP contribution is 2.15. The summed E-state index contributed by atoms with van der Waals surface area (Å²) in [4.78, 5) is 96.7. The van der Waals surface area contributed by atoms with Crippen LogP contribution >= 0.6 is 0 Å². The lowest BCUT2D eigenvalue weighted by Crippen LogP contribution is -2.25. The standard InChI is InChI=1S/C35H35O16/c1-21(49-30(38)16-14-28(36)44-4)20-48-34(42)26-12-8-9-13-27(26)35(43)51-23(3)18-46-29(37)15-17-31(39)50-22(2)19-47-33(41)25-11-7-6-10-24(25)32(40)45-5/h6-17,21-23H,4,18-20H2,1-3,5H3/q+1/b16-14-,17-15-. The van der Waals surface area contributed by atoms with E-state index in [1.807, 2.05) is 0 Å². The second-order valence-electron chi connectivity index (χ2n) is 10.3. The quantitative estimate of drug-likeness (QED) is 0.0998. The van der Waals surface area contributed by atoms with Gasteiger partial charge in [-0.05, 0) is 45.0 Å². The van der Waals surface area contributed by atoms with Crippen LogP contribution in [0.3, 0.4) is 0 Å². The van der Waals surface area contributed by atoms with E-state index in [9.17, 15) is 38.4 Å². The van der Waals surface area contributed by atoms with Gasteiger partial charge in [0.05, 0.1) is 34.2 Å². The Morgan fingerprint density at radius 3 is 1.37 bits per heavy atom. The molecule has 0 aliphatic heterocycles. The van der Waals surface area contributed by atoms with E-state index in [1.165, 1.54) is 70.3 Å². The summed E-state index contributed by atoms with van der Waals surface area (Å²) < 4.78 is 39.3. The Bertz CT molecular complexity index is 1690. The highest BCUT2D eigenvalue weighted by molar-refractivity contribution is 6.04. The lowest BCUT2D eigenvalue weighted by molar-refractivity contribution is -0.361. The van der Waals surface area contributed by atoms with Gasteiger partial charge in [-0.2, -0.15) is 0 Å². The Morgan fingerprint density at radius 2 is 0.922 bits per heavy atom. The van der Waals surface area contributed by atoms with Crippen LogP contribution in [-0.4, -0.2) is 99.8 Å². The molecule has 51 heavy (non-hydrogen) atoms. The van der Waals surface area contributed by atoms with Gasteiger partial charge in [-0.1, -0.05) is 24.3 Å². The molecule has 3 unspecified atom stereocenters. The van der Waals surface area contributed by atoms with Crippen LogP contribution in [0, 0.1) is 0 Å². The molecule has 0 spiro atoms. The second-order valence-corrected chi connectivity index (χ2v) is 10.3. The maximum Gasteiger partial charge on any atom is 0.605 e. The number of benzene rings is 2. The molecule has 0 N–H and O–H groups in total. The fourth-order valence-corrected chi connectivity index (χ4v) is 3.72. The highest BCUT2D eigenvalue weighted by atomic mass is 16.6. The molecular weight excluding hydrogens is 676 g/mol. The average molecular weight is 712 g/mol. The van der Waals surface area contributed by atoms with Crippen molar-refractivity contribution in [1.29, 1.82) is 0 Å². The first kappa shape index (κ1) is 40.7. The molecule has 0 bridgehead atoms. The molecular formula is C35H35O16+. The van der Waals surface area contributed by atoms with Gasteiger partial charge in [0.1, 0.15) is 44.2 Å². The zero-order chi connectivity index (χ0) is 37.9. The topological polar surface area (TPSA) is 212 Å². The summed E-state index contributed by atoms with van der Waals surface area (Å²) in [7, 11) is 1.17. The Morgan fingerprint density at radius 1 is 0.549 bits per heavy atom. The van der Waals surface area contributed by atoms with Gasteiger partial charge in [0.25, 0.3) is 0 Å². The first-order chi connectivity index (χ1) is 24.2. The second kappa shape index (κ2) is 20.8. The molecule has 0 aliphatic carbocycles. The summed E-state index contributed by atoms with van der Waals surface area (Å²) in [5, 5.41) is 0. The fraction of sp³-hybridized carbons (Fsp3) is 0.286. The van der Waals surface area contributed by atoms with Crippen LogP contribution in [0.5, 0.6) is 0 Å². The maximum absolute atomic E-state index is 12.8. The van der Waals surface area contributed by atoms with E-state index in [0.717, 1.165) is 24.3 Å². The monoisotopic (exact) mass is 711 g/mol. The molecule has 0 saturated carbocycles. The predicted octanol–water partition coefficient (Wildman–Crippen LogP) is 2.44. The third-order valence-electron chi connectivity index (χ3n) is 6.07. The Hall–Kier alpha value is -6.45. The number of ether oxygens (including phenoxy) is 7. The molecule has 270 valence electrons. The normalized spacial score (nSPS) is 12.5. The van der Waals surface area contributed by atoms with E-state index < -0.39 is 72.7 Å². The summed E-state index contributed by atoms with van der Waals surface area (Å²) in [5.41, 5.74) is -0.344. The molecule has 2 aromatic carbocycles. The van der Waals surface area contributed by atoms with Crippen molar-refractivity contribution in [3.05, 3.63) is 95.1 Å². The number of hydrogen-bond donors (Lipinski definition) is 0. The van der Waals surface area contributed by atoms with Crippen molar-refractivity contribution in [1.82, 2.24) is 0 Å². The lowest BCUT2D eigenvalue weighted by atomic mass is 10.1. The average Bonchev–Trinajstić information content (AvgIpc) is 3.12. The maximum atomic E-state index is 12.8. The predicted molar refractivity (Wildman–Crippen MR) is 172 cm³/mol. The molecule has 0 heterocycles. The summed E-state index contributed by atoms with van der Waals surface area (Å²) >= 11 is 0. The summed E-state index contributed by atoms with van der Waals surface area (Å²) in [6.07, 6.45) is 0.345. The Balaban J connectivity index is 1.80. The summed E-state index contributed by atoms with van der Waals surface area (Å²) in [6, 6.07) is 11.4. The van der Waals surface area contributed by atoms with Gasteiger partial charge in [-0.25, -0.2) is 33.6 Å². The Kier molecular flexibility index (Phi) is 16.6. The molecule has 16 nitrogen and oxygen atoms in total. The van der Waals surface area contributed by atoms with Gasteiger partial charge in [0, 0.05) is 18.2 Å². The van der Waals surface area contributed by atoms with Crippen molar-refractivity contribution in [3.63, 3.8) is 0 Å². The number of esters is 7. The number of carbonyl (C=O) groups is 8. The van der Waals surface area contributed by atoms with Crippen molar-refractivity contribution >= 4 is 54.5 Å². The smallest absolute Gasteiger partial charge is 0.465 e. The van der Waals surface area contributed by atoms with Gasteiger partial charge in [-0.3, -0.25) is 4.42 Å². The zero-order valence-corrected chi connectivity index (χ0v) is 28.0. The zero-order valence-electron chi connectivity index (χ0n) is 28.0. The highest BCUT2D eigenvalue weighted by Gasteiger charge is 2.23. The fourth-order valence-electron chi connectivity index (χ4n) is 3.72. The number of methoxy groups -OCH3 is 1. The van der Waals surface area contributed by atoms with E-state index in [0.29, 0.717) is 0 Å². The number of rotatable bonds is 17. The van der Waals surface area contributed by atoms with Crippen LogP contribution in [-0.2, 0) is 56.8 Å². The molecule has 0 aromatic heterocycles. The third-order valence-corrected chi connectivity index (χ3v) is 6.07.